The van der Waals surface area contributed by atoms with E-state index in [-0.39, 0.29) is 5.78 Å². The number of carbonyl (C=O) groups is 1. The minimum absolute atomic E-state index is 0.0271. The fraction of sp³-hybridized carbons (Fsp3) is 0.100. The highest BCUT2D eigenvalue weighted by atomic mass is 35.5. The topological polar surface area (TPSA) is 45.8 Å². The maximum atomic E-state index is 12.3. The van der Waals surface area contributed by atoms with Gasteiger partial charge in [-0.3, -0.25) is 9.89 Å². The Kier molecular flexibility index (Phi) is 4.63. The standard InChI is InChI=1S/C20H17ClN2O/c1-13-3-4-16(11-14(13)2)20(24)10-9-18-12-19(23-22-18)15-5-7-17(21)8-6-15/h3-12H,1-2H3,(H,22,23). The predicted octanol–water partition coefficient (Wildman–Crippen LogP) is 5.24. The molecule has 0 amide bonds. The van der Waals surface area contributed by atoms with Crippen LogP contribution in [0.2, 0.25) is 5.02 Å². The average molecular weight is 337 g/mol. The molecule has 24 heavy (non-hydrogen) atoms. The third-order valence-electron chi connectivity index (χ3n) is 3.94. The molecule has 0 spiro atoms. The number of aromatic nitrogens is 2. The number of aryl methyl sites for hydroxylation is 2. The Hall–Kier alpha value is -2.65. The highest BCUT2D eigenvalue weighted by Gasteiger charge is 2.05. The van der Waals surface area contributed by atoms with E-state index in [1.165, 1.54) is 5.56 Å². The molecule has 1 heterocycles. The number of ketones is 1. The molecule has 3 aromatic rings. The molecule has 0 aliphatic rings. The second kappa shape index (κ2) is 6.85. The first-order chi connectivity index (χ1) is 11.5. The summed E-state index contributed by atoms with van der Waals surface area (Å²) in [7, 11) is 0. The molecule has 2 aromatic carbocycles. The van der Waals surface area contributed by atoms with E-state index in [1.54, 1.807) is 12.2 Å². The van der Waals surface area contributed by atoms with Crippen LogP contribution in [0, 0.1) is 13.8 Å². The van der Waals surface area contributed by atoms with Gasteiger partial charge in [0, 0.05) is 16.1 Å². The van der Waals surface area contributed by atoms with Crippen LogP contribution < -0.4 is 0 Å². The summed E-state index contributed by atoms with van der Waals surface area (Å²) in [5.74, 6) is -0.0271. The molecule has 0 bridgehead atoms. The summed E-state index contributed by atoms with van der Waals surface area (Å²) >= 11 is 5.89. The van der Waals surface area contributed by atoms with Crippen LogP contribution in [0.15, 0.2) is 54.6 Å². The molecule has 120 valence electrons. The third-order valence-corrected chi connectivity index (χ3v) is 4.20. The summed E-state index contributed by atoms with van der Waals surface area (Å²) < 4.78 is 0. The highest BCUT2D eigenvalue weighted by Crippen LogP contribution is 2.20. The number of halogens is 1. The number of allylic oxidation sites excluding steroid dienone is 1. The molecular formula is C20H17ClN2O. The van der Waals surface area contributed by atoms with Crippen molar-refractivity contribution in [3.8, 4) is 11.3 Å². The molecule has 0 atom stereocenters. The van der Waals surface area contributed by atoms with Crippen LogP contribution in [-0.2, 0) is 0 Å². The molecule has 0 aliphatic carbocycles. The highest BCUT2D eigenvalue weighted by molar-refractivity contribution is 6.30. The third kappa shape index (κ3) is 3.63. The van der Waals surface area contributed by atoms with E-state index in [0.29, 0.717) is 10.6 Å². The summed E-state index contributed by atoms with van der Waals surface area (Å²) in [5.41, 5.74) is 5.53. The SMILES string of the molecule is Cc1ccc(C(=O)C=Cc2cc(-c3ccc(Cl)cc3)n[nH]2)cc1C. The van der Waals surface area contributed by atoms with Gasteiger partial charge in [-0.15, -0.1) is 0 Å². The second-order valence-electron chi connectivity index (χ2n) is 5.71. The lowest BCUT2D eigenvalue weighted by atomic mass is 10.0. The number of hydrogen-bond donors (Lipinski definition) is 1. The fourth-order valence-electron chi connectivity index (χ4n) is 2.35. The molecule has 0 aliphatic heterocycles. The average Bonchev–Trinajstić information content (AvgIpc) is 3.05. The quantitative estimate of drug-likeness (QED) is 0.523. The number of H-pyrrole nitrogens is 1. The number of hydrogen-bond acceptors (Lipinski definition) is 2. The summed E-state index contributed by atoms with van der Waals surface area (Å²) in [4.78, 5) is 12.3. The number of carbonyl (C=O) groups excluding carboxylic acids is 1. The summed E-state index contributed by atoms with van der Waals surface area (Å²) in [6, 6.07) is 15.1. The van der Waals surface area contributed by atoms with E-state index < -0.39 is 0 Å². The molecule has 0 fully saturated rings. The van der Waals surface area contributed by atoms with Gasteiger partial charge in [0.25, 0.3) is 0 Å². The van der Waals surface area contributed by atoms with Gasteiger partial charge in [-0.05, 0) is 61.4 Å². The largest absolute Gasteiger partial charge is 0.289 e. The van der Waals surface area contributed by atoms with Gasteiger partial charge in [-0.1, -0.05) is 35.9 Å². The molecular weight excluding hydrogens is 320 g/mol. The molecule has 3 rings (SSSR count). The number of benzene rings is 2. The van der Waals surface area contributed by atoms with Crippen molar-refractivity contribution < 1.29 is 4.79 Å². The van der Waals surface area contributed by atoms with E-state index in [4.69, 9.17) is 11.6 Å². The summed E-state index contributed by atoms with van der Waals surface area (Å²) in [6.07, 6.45) is 3.30. The van der Waals surface area contributed by atoms with Crippen molar-refractivity contribution in [1.29, 1.82) is 0 Å². The minimum atomic E-state index is -0.0271. The van der Waals surface area contributed by atoms with Gasteiger partial charge in [0.05, 0.1) is 11.4 Å². The number of nitrogens with zero attached hydrogens (tertiary/aromatic N) is 1. The number of aromatic amines is 1. The van der Waals surface area contributed by atoms with E-state index >= 15 is 0 Å². The Morgan fingerprint density at radius 2 is 1.79 bits per heavy atom. The second-order valence-corrected chi connectivity index (χ2v) is 6.15. The van der Waals surface area contributed by atoms with Crippen LogP contribution in [0.1, 0.15) is 27.2 Å². The van der Waals surface area contributed by atoms with Gasteiger partial charge in [-0.2, -0.15) is 5.10 Å². The van der Waals surface area contributed by atoms with Crippen LogP contribution >= 0.6 is 11.6 Å². The van der Waals surface area contributed by atoms with Gasteiger partial charge in [-0.25, -0.2) is 0 Å². The molecule has 0 saturated carbocycles. The molecule has 4 heteroatoms. The normalized spacial score (nSPS) is 11.1. The maximum absolute atomic E-state index is 12.3. The first kappa shape index (κ1) is 16.2. The maximum Gasteiger partial charge on any atom is 0.185 e. The van der Waals surface area contributed by atoms with Crippen molar-refractivity contribution in [2.45, 2.75) is 13.8 Å². The van der Waals surface area contributed by atoms with Crippen molar-refractivity contribution in [1.82, 2.24) is 10.2 Å². The van der Waals surface area contributed by atoms with E-state index in [2.05, 4.69) is 10.2 Å². The molecule has 3 nitrogen and oxygen atoms in total. The molecule has 0 radical (unpaired) electrons. The van der Waals surface area contributed by atoms with Gasteiger partial charge in [0.2, 0.25) is 0 Å². The smallest absolute Gasteiger partial charge is 0.185 e. The van der Waals surface area contributed by atoms with Crippen molar-refractivity contribution in [2.24, 2.45) is 0 Å². The van der Waals surface area contributed by atoms with Gasteiger partial charge in [0.15, 0.2) is 5.78 Å². The Morgan fingerprint density at radius 3 is 2.50 bits per heavy atom. The zero-order valence-electron chi connectivity index (χ0n) is 13.5. The molecule has 1 aromatic heterocycles. The minimum Gasteiger partial charge on any atom is -0.289 e. The van der Waals surface area contributed by atoms with Crippen molar-refractivity contribution in [3.63, 3.8) is 0 Å². The van der Waals surface area contributed by atoms with E-state index in [0.717, 1.165) is 22.5 Å². The van der Waals surface area contributed by atoms with E-state index in [9.17, 15) is 4.79 Å². The van der Waals surface area contributed by atoms with Crippen LogP contribution in [0.4, 0.5) is 0 Å². The summed E-state index contributed by atoms with van der Waals surface area (Å²) in [5, 5.41) is 7.87. The predicted molar refractivity (Wildman–Crippen MR) is 98.3 cm³/mol. The monoisotopic (exact) mass is 336 g/mol. The lowest BCUT2D eigenvalue weighted by molar-refractivity contribution is 0.104. The Labute approximate surface area is 146 Å². The Morgan fingerprint density at radius 1 is 1.04 bits per heavy atom. The zero-order valence-corrected chi connectivity index (χ0v) is 14.3. The van der Waals surface area contributed by atoms with Crippen LogP contribution in [-0.4, -0.2) is 16.0 Å². The number of nitrogens with one attached hydrogen (secondary N) is 1. The first-order valence-electron chi connectivity index (χ1n) is 7.64. The summed E-state index contributed by atoms with van der Waals surface area (Å²) in [6.45, 7) is 4.03. The van der Waals surface area contributed by atoms with Gasteiger partial charge >= 0.3 is 0 Å². The van der Waals surface area contributed by atoms with Crippen molar-refractivity contribution in [2.75, 3.05) is 0 Å². The van der Waals surface area contributed by atoms with Gasteiger partial charge < -0.3 is 0 Å². The van der Waals surface area contributed by atoms with Crippen molar-refractivity contribution in [3.05, 3.63) is 82.0 Å². The van der Waals surface area contributed by atoms with Crippen LogP contribution in [0.25, 0.3) is 17.3 Å². The lowest BCUT2D eigenvalue weighted by Gasteiger charge is -2.01. The van der Waals surface area contributed by atoms with Gasteiger partial charge in [0.1, 0.15) is 0 Å². The van der Waals surface area contributed by atoms with Crippen LogP contribution in [0.5, 0.6) is 0 Å². The lowest BCUT2D eigenvalue weighted by Crippen LogP contribution is -1.95. The van der Waals surface area contributed by atoms with Crippen LogP contribution in [0.3, 0.4) is 0 Å². The Balaban J connectivity index is 1.76. The first-order valence-corrected chi connectivity index (χ1v) is 8.02. The molecule has 0 saturated heterocycles. The zero-order chi connectivity index (χ0) is 17.1. The molecule has 0 unspecified atom stereocenters. The number of rotatable bonds is 4. The molecule has 1 N–H and O–H groups in total. The Bertz CT molecular complexity index is 908. The van der Waals surface area contributed by atoms with Crippen molar-refractivity contribution >= 4 is 23.5 Å². The van der Waals surface area contributed by atoms with E-state index in [1.807, 2.05) is 62.4 Å². The fourth-order valence-corrected chi connectivity index (χ4v) is 2.47.